The van der Waals surface area contributed by atoms with Crippen molar-refractivity contribution in [3.63, 3.8) is 0 Å². The first-order valence-electron chi connectivity index (χ1n) is 10.9. The second-order valence-electron chi connectivity index (χ2n) is 8.14. The first-order chi connectivity index (χ1) is 16.5. The minimum absolute atomic E-state index is 0.0551. The lowest BCUT2D eigenvalue weighted by atomic mass is 10.1. The fourth-order valence-corrected chi connectivity index (χ4v) is 5.19. The number of hydrogen-bond donors (Lipinski definition) is 3. The van der Waals surface area contributed by atoms with Crippen LogP contribution in [0.2, 0.25) is 0 Å². The molecule has 8 nitrogen and oxygen atoms in total. The van der Waals surface area contributed by atoms with Crippen molar-refractivity contribution < 1.29 is 14.4 Å². The van der Waals surface area contributed by atoms with Crippen molar-refractivity contribution in [2.75, 3.05) is 5.32 Å². The van der Waals surface area contributed by atoms with Crippen LogP contribution in [0.5, 0.6) is 0 Å². The number of Topliss-reactive ketones (excluding diaryl/α,β-unsaturated/α-hetero) is 1. The normalized spacial score (nSPS) is 12.5. The maximum Gasteiger partial charge on any atom is 0.298 e. The second kappa shape index (κ2) is 9.18. The number of carbonyl (C=O) groups excluding carboxylic acids is 3. The summed E-state index contributed by atoms with van der Waals surface area (Å²) in [6.07, 6.45) is 0. The van der Waals surface area contributed by atoms with Gasteiger partial charge < -0.3 is 15.6 Å². The summed E-state index contributed by atoms with van der Waals surface area (Å²) >= 11 is 1.68. The van der Waals surface area contributed by atoms with Crippen LogP contribution >= 0.6 is 11.8 Å². The fraction of sp³-hybridized carbons (Fsp3) is 0.200. The molecule has 172 valence electrons. The molecule has 0 aliphatic carbocycles. The number of fused-ring (bicyclic) bond motifs is 2. The molecule has 0 unspecified atom stereocenters. The summed E-state index contributed by atoms with van der Waals surface area (Å²) in [5, 5.41) is 10.9. The minimum atomic E-state index is -0.751. The highest BCUT2D eigenvalue weighted by atomic mass is 32.2. The van der Waals surface area contributed by atoms with Crippen molar-refractivity contribution >= 4 is 46.1 Å². The van der Waals surface area contributed by atoms with E-state index in [1.165, 1.54) is 4.68 Å². The number of aryl methyl sites for hydroxylation is 1. The predicted octanol–water partition coefficient (Wildman–Crippen LogP) is 3.56. The van der Waals surface area contributed by atoms with Crippen LogP contribution in [0.3, 0.4) is 0 Å². The van der Waals surface area contributed by atoms with Gasteiger partial charge in [0.2, 0.25) is 5.91 Å². The van der Waals surface area contributed by atoms with Crippen LogP contribution in [0.4, 0.5) is 5.82 Å². The highest BCUT2D eigenvalue weighted by molar-refractivity contribution is 7.98. The van der Waals surface area contributed by atoms with Crippen LogP contribution in [0, 0.1) is 6.92 Å². The Hall–Kier alpha value is -3.85. The van der Waals surface area contributed by atoms with Gasteiger partial charge in [0.1, 0.15) is 12.4 Å². The molecule has 3 heterocycles. The number of carbonyl (C=O) groups is 3. The number of rotatable bonds is 7. The van der Waals surface area contributed by atoms with Gasteiger partial charge in [-0.15, -0.1) is 0 Å². The lowest BCUT2D eigenvalue weighted by molar-refractivity contribution is -0.122. The van der Waals surface area contributed by atoms with Crippen LogP contribution in [-0.4, -0.2) is 32.4 Å². The van der Waals surface area contributed by atoms with E-state index in [2.05, 4.69) is 20.7 Å². The maximum absolute atomic E-state index is 13.1. The molecule has 0 spiro atoms. The summed E-state index contributed by atoms with van der Waals surface area (Å²) in [7, 11) is 0. The molecular formula is C25H23N5O3S. The third-order valence-electron chi connectivity index (χ3n) is 5.80. The van der Waals surface area contributed by atoms with Gasteiger partial charge in [-0.05, 0) is 18.6 Å². The Labute approximate surface area is 200 Å². The summed E-state index contributed by atoms with van der Waals surface area (Å²) in [6, 6.07) is 17.0. The lowest BCUT2D eigenvalue weighted by Gasteiger charge is -2.11. The fourth-order valence-electron chi connectivity index (χ4n) is 4.16. The van der Waals surface area contributed by atoms with E-state index in [4.69, 9.17) is 0 Å². The molecule has 3 N–H and O–H groups in total. The van der Waals surface area contributed by atoms with Gasteiger partial charge in [0.15, 0.2) is 0 Å². The number of amides is 2. The molecule has 1 aliphatic heterocycles. The van der Waals surface area contributed by atoms with Crippen molar-refractivity contribution in [3.05, 3.63) is 82.7 Å². The van der Waals surface area contributed by atoms with E-state index >= 15 is 0 Å². The second-order valence-corrected chi connectivity index (χ2v) is 9.13. The van der Waals surface area contributed by atoms with E-state index in [1.54, 1.807) is 18.7 Å². The number of para-hydroxylation sites is 1. The van der Waals surface area contributed by atoms with E-state index in [9.17, 15) is 14.4 Å². The highest BCUT2D eigenvalue weighted by Crippen LogP contribution is 2.35. The molecule has 2 aromatic heterocycles. The molecule has 1 aliphatic rings. The number of anilines is 1. The molecule has 0 saturated carbocycles. The van der Waals surface area contributed by atoms with E-state index in [-0.39, 0.29) is 12.5 Å². The lowest BCUT2D eigenvalue weighted by Crippen LogP contribution is -2.30. The van der Waals surface area contributed by atoms with Gasteiger partial charge in [0, 0.05) is 40.2 Å². The molecule has 5 rings (SSSR count). The smallest absolute Gasteiger partial charge is 0.298 e. The number of nitrogens with one attached hydrogen (secondary N) is 3. The molecular weight excluding hydrogens is 450 g/mol. The average Bonchev–Trinajstić information content (AvgIpc) is 3.51. The van der Waals surface area contributed by atoms with Crippen molar-refractivity contribution in [1.29, 1.82) is 0 Å². The zero-order valence-corrected chi connectivity index (χ0v) is 19.4. The largest absolute Gasteiger partial charge is 0.358 e. The van der Waals surface area contributed by atoms with Crippen LogP contribution in [-0.2, 0) is 34.2 Å². The molecule has 0 bridgehead atoms. The number of aromatic amines is 1. The van der Waals surface area contributed by atoms with Crippen LogP contribution in [0.15, 0.2) is 54.6 Å². The summed E-state index contributed by atoms with van der Waals surface area (Å²) < 4.78 is 1.48. The van der Waals surface area contributed by atoms with Crippen molar-refractivity contribution in [1.82, 2.24) is 20.1 Å². The Morgan fingerprint density at radius 3 is 2.65 bits per heavy atom. The van der Waals surface area contributed by atoms with Gasteiger partial charge in [0.25, 0.3) is 11.7 Å². The predicted molar refractivity (Wildman–Crippen MR) is 132 cm³/mol. The van der Waals surface area contributed by atoms with Gasteiger partial charge in [-0.3, -0.25) is 14.4 Å². The first-order valence-corrected chi connectivity index (χ1v) is 12.1. The van der Waals surface area contributed by atoms with E-state index < -0.39 is 11.7 Å². The quantitative estimate of drug-likeness (QED) is 0.281. The Kier molecular flexibility index (Phi) is 5.93. The molecule has 2 aromatic carbocycles. The number of hydrogen-bond acceptors (Lipinski definition) is 5. The van der Waals surface area contributed by atoms with E-state index in [0.29, 0.717) is 40.5 Å². The average molecular weight is 474 g/mol. The van der Waals surface area contributed by atoms with Gasteiger partial charge >= 0.3 is 0 Å². The highest BCUT2D eigenvalue weighted by Gasteiger charge is 2.28. The van der Waals surface area contributed by atoms with E-state index in [1.807, 2.05) is 54.6 Å². The van der Waals surface area contributed by atoms with Gasteiger partial charge in [-0.2, -0.15) is 16.9 Å². The molecule has 0 radical (unpaired) electrons. The van der Waals surface area contributed by atoms with Gasteiger partial charge in [0.05, 0.1) is 11.3 Å². The molecule has 0 saturated heterocycles. The molecule has 0 fully saturated rings. The third-order valence-corrected chi connectivity index (χ3v) is 6.77. The zero-order valence-electron chi connectivity index (χ0n) is 18.6. The van der Waals surface area contributed by atoms with Crippen LogP contribution in [0.1, 0.15) is 32.9 Å². The maximum atomic E-state index is 13.1. The first kappa shape index (κ1) is 22.0. The van der Waals surface area contributed by atoms with Crippen molar-refractivity contribution in [2.45, 2.75) is 31.5 Å². The Morgan fingerprint density at radius 2 is 1.82 bits per heavy atom. The Morgan fingerprint density at radius 1 is 1.06 bits per heavy atom. The zero-order chi connectivity index (χ0) is 23.7. The SMILES string of the molecule is Cc1[nH]c2ccccc2c1C(=O)C(=O)Nc1c2c(nn1CC(=O)NCc1ccccc1)CSC2. The standard InChI is InChI=1S/C25H23N5O3S/c1-15-22(17-9-5-6-10-19(17)27-15)23(32)25(33)28-24-18-13-34-14-20(18)29-30(24)12-21(31)26-11-16-7-3-2-4-8-16/h2-10,27H,11-14H2,1H3,(H,26,31)(H,28,33). The minimum Gasteiger partial charge on any atom is -0.358 e. The number of nitrogens with zero attached hydrogens (tertiary/aromatic N) is 2. The Bertz CT molecular complexity index is 1410. The number of benzene rings is 2. The Balaban J connectivity index is 1.35. The molecule has 9 heteroatoms. The number of aromatic nitrogens is 3. The topological polar surface area (TPSA) is 109 Å². The molecule has 4 aromatic rings. The van der Waals surface area contributed by atoms with Crippen LogP contribution in [0.25, 0.3) is 10.9 Å². The summed E-state index contributed by atoms with van der Waals surface area (Å²) in [5.74, 6) is 0.162. The van der Waals surface area contributed by atoms with E-state index in [0.717, 1.165) is 22.3 Å². The van der Waals surface area contributed by atoms with Gasteiger partial charge in [-0.25, -0.2) is 4.68 Å². The summed E-state index contributed by atoms with van der Waals surface area (Å²) in [6.45, 7) is 2.12. The number of ketones is 1. The monoisotopic (exact) mass is 473 g/mol. The number of thioether (sulfide) groups is 1. The van der Waals surface area contributed by atoms with Crippen molar-refractivity contribution in [2.24, 2.45) is 0 Å². The molecule has 0 atom stereocenters. The molecule has 2 amide bonds. The summed E-state index contributed by atoms with van der Waals surface area (Å²) in [5.41, 5.74) is 4.46. The molecule has 34 heavy (non-hydrogen) atoms. The third kappa shape index (κ3) is 4.22. The van der Waals surface area contributed by atoms with Gasteiger partial charge in [-0.1, -0.05) is 48.5 Å². The van der Waals surface area contributed by atoms with Crippen molar-refractivity contribution in [3.8, 4) is 0 Å². The number of H-pyrrole nitrogens is 1. The van der Waals surface area contributed by atoms with Crippen LogP contribution < -0.4 is 10.6 Å². The summed E-state index contributed by atoms with van der Waals surface area (Å²) in [4.78, 5) is 41.9.